The summed E-state index contributed by atoms with van der Waals surface area (Å²) < 4.78 is 17.1. The molecule has 0 aliphatic carbocycles. The smallest absolute Gasteiger partial charge is 0.235 e. The molecule has 0 saturated heterocycles. The molecule has 0 spiro atoms. The van der Waals surface area contributed by atoms with Gasteiger partial charge in [0.25, 0.3) is 0 Å². The summed E-state index contributed by atoms with van der Waals surface area (Å²) in [5.74, 6) is 0.238. The second kappa shape index (κ2) is 7.37. The third-order valence-corrected chi connectivity index (χ3v) is 4.94. The Kier molecular flexibility index (Phi) is 4.41. The molecule has 5 nitrogen and oxygen atoms in total. The van der Waals surface area contributed by atoms with E-state index in [0.717, 1.165) is 10.8 Å². The Labute approximate surface area is 171 Å². The SMILES string of the molecule is O=C(COc1c(-c2ccco2)oc2ccccc2c1=O)c1cccc2ccccc12. The van der Waals surface area contributed by atoms with Crippen molar-refractivity contribution < 1.29 is 18.4 Å². The van der Waals surface area contributed by atoms with Crippen LogP contribution in [0.2, 0.25) is 0 Å². The van der Waals surface area contributed by atoms with Crippen molar-refractivity contribution >= 4 is 27.5 Å². The minimum atomic E-state index is -0.353. The standard InChI is InChI=1S/C25H16O5/c26-20(18-11-5-8-16-7-1-2-9-17(16)18)15-29-25-23(27)19-10-3-4-12-21(19)30-24(25)22-13-6-14-28-22/h1-14H,15H2. The number of para-hydroxylation sites is 1. The monoisotopic (exact) mass is 396 g/mol. The summed E-state index contributed by atoms with van der Waals surface area (Å²) in [4.78, 5) is 26.0. The Morgan fingerprint density at radius 3 is 2.43 bits per heavy atom. The van der Waals surface area contributed by atoms with E-state index < -0.39 is 0 Å². The van der Waals surface area contributed by atoms with Gasteiger partial charge in [0.15, 0.2) is 12.4 Å². The van der Waals surface area contributed by atoms with E-state index in [1.54, 1.807) is 42.5 Å². The lowest BCUT2D eigenvalue weighted by Crippen LogP contribution is -2.17. The van der Waals surface area contributed by atoms with E-state index in [1.165, 1.54) is 6.26 Å². The molecule has 30 heavy (non-hydrogen) atoms. The molecule has 0 saturated carbocycles. The minimum absolute atomic E-state index is 0.0442. The van der Waals surface area contributed by atoms with Crippen molar-refractivity contribution in [3.8, 4) is 17.3 Å². The van der Waals surface area contributed by atoms with E-state index in [4.69, 9.17) is 13.6 Å². The molecule has 5 rings (SSSR count). The lowest BCUT2D eigenvalue weighted by atomic mass is 10.0. The topological polar surface area (TPSA) is 69.7 Å². The van der Waals surface area contributed by atoms with Crippen LogP contribution >= 0.6 is 0 Å². The molecule has 0 N–H and O–H groups in total. The van der Waals surface area contributed by atoms with E-state index >= 15 is 0 Å². The number of fused-ring (bicyclic) bond motifs is 2. The fourth-order valence-electron chi connectivity index (χ4n) is 3.51. The zero-order chi connectivity index (χ0) is 20.5. The summed E-state index contributed by atoms with van der Waals surface area (Å²) >= 11 is 0. The van der Waals surface area contributed by atoms with E-state index in [2.05, 4.69) is 0 Å². The first-order chi connectivity index (χ1) is 14.7. The Hall–Kier alpha value is -4.12. The molecule has 0 aliphatic rings. The number of hydrogen-bond acceptors (Lipinski definition) is 5. The van der Waals surface area contributed by atoms with E-state index in [-0.39, 0.29) is 29.3 Å². The molecule has 0 aliphatic heterocycles. The van der Waals surface area contributed by atoms with Gasteiger partial charge in [-0.25, -0.2) is 0 Å². The second-order valence-corrected chi connectivity index (χ2v) is 6.80. The molecular weight excluding hydrogens is 380 g/mol. The van der Waals surface area contributed by atoms with Gasteiger partial charge < -0.3 is 13.6 Å². The predicted molar refractivity (Wildman–Crippen MR) is 114 cm³/mol. The van der Waals surface area contributed by atoms with E-state index in [1.807, 2.05) is 36.4 Å². The summed E-state index contributed by atoms with van der Waals surface area (Å²) in [6.07, 6.45) is 1.48. The molecule has 5 aromatic rings. The van der Waals surface area contributed by atoms with Crippen molar-refractivity contribution in [2.45, 2.75) is 0 Å². The lowest BCUT2D eigenvalue weighted by Gasteiger charge is -2.11. The van der Waals surface area contributed by atoms with Crippen molar-refractivity contribution in [2.75, 3.05) is 6.61 Å². The van der Waals surface area contributed by atoms with Crippen LogP contribution in [-0.2, 0) is 0 Å². The maximum Gasteiger partial charge on any atom is 0.235 e. The van der Waals surface area contributed by atoms with Gasteiger partial charge in [-0.1, -0.05) is 54.6 Å². The number of Topliss-reactive ketones (excluding diaryl/α,β-unsaturated/α-hetero) is 1. The number of carbonyl (C=O) groups is 1. The van der Waals surface area contributed by atoms with Crippen molar-refractivity contribution in [3.05, 3.63) is 101 Å². The van der Waals surface area contributed by atoms with Crippen LogP contribution in [0.1, 0.15) is 10.4 Å². The van der Waals surface area contributed by atoms with Gasteiger partial charge >= 0.3 is 0 Å². The average Bonchev–Trinajstić information content (AvgIpc) is 3.32. The third kappa shape index (κ3) is 3.06. The van der Waals surface area contributed by atoms with Crippen LogP contribution in [0.5, 0.6) is 5.75 Å². The van der Waals surface area contributed by atoms with Gasteiger partial charge in [-0.15, -0.1) is 0 Å². The van der Waals surface area contributed by atoms with Crippen LogP contribution in [0, 0.1) is 0 Å². The molecule has 0 bridgehead atoms. The quantitative estimate of drug-likeness (QED) is 0.369. The first-order valence-electron chi connectivity index (χ1n) is 9.46. The van der Waals surface area contributed by atoms with Crippen LogP contribution in [-0.4, -0.2) is 12.4 Å². The molecule has 0 amide bonds. The minimum Gasteiger partial charge on any atom is -0.478 e. The number of carbonyl (C=O) groups excluding carboxylic acids is 1. The predicted octanol–water partition coefficient (Wildman–Crippen LogP) is 5.47. The normalized spacial score (nSPS) is 11.1. The van der Waals surface area contributed by atoms with Crippen LogP contribution in [0.3, 0.4) is 0 Å². The highest BCUT2D eigenvalue weighted by Crippen LogP contribution is 2.31. The van der Waals surface area contributed by atoms with E-state index in [0.29, 0.717) is 22.3 Å². The van der Waals surface area contributed by atoms with Crippen LogP contribution < -0.4 is 10.2 Å². The van der Waals surface area contributed by atoms with Crippen molar-refractivity contribution in [2.24, 2.45) is 0 Å². The third-order valence-electron chi connectivity index (χ3n) is 4.94. The van der Waals surface area contributed by atoms with Gasteiger partial charge in [0.2, 0.25) is 22.7 Å². The van der Waals surface area contributed by atoms with Crippen molar-refractivity contribution in [3.63, 3.8) is 0 Å². The summed E-state index contributed by atoms with van der Waals surface area (Å²) in [6.45, 7) is -0.301. The van der Waals surface area contributed by atoms with Gasteiger partial charge in [0.1, 0.15) is 5.58 Å². The molecule has 3 aromatic carbocycles. The van der Waals surface area contributed by atoms with E-state index in [9.17, 15) is 9.59 Å². The Morgan fingerprint density at radius 2 is 1.60 bits per heavy atom. The van der Waals surface area contributed by atoms with Gasteiger partial charge in [0.05, 0.1) is 11.6 Å². The fraction of sp³-hybridized carbons (Fsp3) is 0.0400. The summed E-state index contributed by atoms with van der Waals surface area (Å²) in [6, 6.07) is 23.4. The van der Waals surface area contributed by atoms with Crippen LogP contribution in [0.15, 0.2) is 98.8 Å². The van der Waals surface area contributed by atoms with Crippen LogP contribution in [0.25, 0.3) is 33.3 Å². The van der Waals surface area contributed by atoms with Gasteiger partial charge in [-0.05, 0) is 35.0 Å². The first-order valence-corrected chi connectivity index (χ1v) is 9.46. The molecule has 5 heteroatoms. The highest BCUT2D eigenvalue weighted by Gasteiger charge is 2.21. The highest BCUT2D eigenvalue weighted by atomic mass is 16.5. The number of rotatable bonds is 5. The first kappa shape index (κ1) is 17.9. The fourth-order valence-corrected chi connectivity index (χ4v) is 3.51. The Balaban J connectivity index is 1.55. The number of ketones is 1. The maximum absolute atomic E-state index is 13.1. The zero-order valence-electron chi connectivity index (χ0n) is 15.8. The van der Waals surface area contributed by atoms with Gasteiger partial charge in [0, 0.05) is 5.56 Å². The molecular formula is C25H16O5. The molecule has 0 radical (unpaired) electrons. The lowest BCUT2D eigenvalue weighted by molar-refractivity contribution is 0.0922. The van der Waals surface area contributed by atoms with Crippen molar-refractivity contribution in [1.82, 2.24) is 0 Å². The number of ether oxygens (including phenoxy) is 1. The molecule has 0 unspecified atom stereocenters. The molecule has 0 atom stereocenters. The number of benzene rings is 3. The summed E-state index contributed by atoms with van der Waals surface area (Å²) in [5.41, 5.74) is 0.605. The molecule has 2 aromatic heterocycles. The van der Waals surface area contributed by atoms with Gasteiger partial charge in [-0.2, -0.15) is 0 Å². The number of hydrogen-bond donors (Lipinski definition) is 0. The largest absolute Gasteiger partial charge is 0.478 e. The Morgan fingerprint density at radius 1 is 0.833 bits per heavy atom. The Bertz CT molecular complexity index is 1420. The van der Waals surface area contributed by atoms with Gasteiger partial charge in [-0.3, -0.25) is 9.59 Å². The zero-order valence-corrected chi connectivity index (χ0v) is 15.8. The van der Waals surface area contributed by atoms with Crippen LogP contribution in [0.4, 0.5) is 0 Å². The average molecular weight is 396 g/mol. The summed E-state index contributed by atoms with van der Waals surface area (Å²) in [7, 11) is 0. The summed E-state index contributed by atoms with van der Waals surface area (Å²) in [5, 5.41) is 2.18. The molecule has 2 heterocycles. The molecule has 146 valence electrons. The second-order valence-electron chi connectivity index (χ2n) is 6.80. The highest BCUT2D eigenvalue weighted by molar-refractivity contribution is 6.08. The number of furan rings is 1. The maximum atomic E-state index is 13.1. The van der Waals surface area contributed by atoms with Crippen molar-refractivity contribution in [1.29, 1.82) is 0 Å². The molecule has 0 fully saturated rings.